The third-order valence-electron chi connectivity index (χ3n) is 5.57. The topological polar surface area (TPSA) is 75.7 Å². The van der Waals surface area contributed by atoms with Crippen LogP contribution in [0.15, 0.2) is 71.6 Å². The number of rotatable bonds is 7. The third kappa shape index (κ3) is 5.78. The van der Waals surface area contributed by atoms with Gasteiger partial charge in [0.1, 0.15) is 24.7 Å². The Morgan fingerprint density at radius 3 is 2.54 bits per heavy atom. The number of amides is 3. The molecule has 0 bridgehead atoms. The summed E-state index contributed by atoms with van der Waals surface area (Å²) < 4.78 is 19.0. The van der Waals surface area contributed by atoms with Gasteiger partial charge < -0.3 is 10.1 Å². The van der Waals surface area contributed by atoms with Crippen molar-refractivity contribution in [2.75, 3.05) is 11.9 Å². The highest BCUT2D eigenvalue weighted by atomic mass is 32.2. The number of halogens is 1. The molecule has 1 saturated heterocycles. The summed E-state index contributed by atoms with van der Waals surface area (Å²) >= 11 is 0.777. The zero-order valence-corrected chi connectivity index (χ0v) is 20.0. The fraction of sp³-hybridized carbons (Fsp3) is 0.148. The van der Waals surface area contributed by atoms with E-state index >= 15 is 0 Å². The van der Waals surface area contributed by atoms with Crippen LogP contribution in [0.5, 0.6) is 5.75 Å². The number of ether oxygens (including phenoxy) is 1. The van der Waals surface area contributed by atoms with E-state index in [0.29, 0.717) is 17.0 Å². The Balaban J connectivity index is 1.45. The van der Waals surface area contributed by atoms with Crippen LogP contribution < -0.4 is 10.1 Å². The van der Waals surface area contributed by atoms with Crippen molar-refractivity contribution < 1.29 is 23.5 Å². The zero-order chi connectivity index (χ0) is 24.9. The van der Waals surface area contributed by atoms with Gasteiger partial charge in [-0.25, -0.2) is 4.39 Å². The number of anilines is 1. The summed E-state index contributed by atoms with van der Waals surface area (Å²) in [7, 11) is 0. The number of aryl methyl sites for hydroxylation is 1. The first-order valence-electron chi connectivity index (χ1n) is 10.9. The molecular formula is C27H23FN2O4S. The fourth-order valence-corrected chi connectivity index (χ4v) is 4.30. The lowest BCUT2D eigenvalue weighted by Gasteiger charge is -2.14. The van der Waals surface area contributed by atoms with Crippen molar-refractivity contribution in [3.63, 3.8) is 0 Å². The normalized spacial score (nSPS) is 14.5. The van der Waals surface area contributed by atoms with Crippen LogP contribution >= 0.6 is 11.8 Å². The van der Waals surface area contributed by atoms with Crippen molar-refractivity contribution in [2.45, 2.75) is 20.5 Å². The summed E-state index contributed by atoms with van der Waals surface area (Å²) in [6.45, 7) is 3.67. The molecule has 0 aromatic heterocycles. The van der Waals surface area contributed by atoms with Gasteiger partial charge in [0.2, 0.25) is 5.91 Å². The second-order valence-corrected chi connectivity index (χ2v) is 9.01. The Hall–Kier alpha value is -3.91. The van der Waals surface area contributed by atoms with Crippen molar-refractivity contribution >= 4 is 40.6 Å². The third-order valence-corrected chi connectivity index (χ3v) is 6.47. The average molecular weight is 491 g/mol. The van der Waals surface area contributed by atoms with Crippen molar-refractivity contribution in [1.82, 2.24) is 4.90 Å². The quantitative estimate of drug-likeness (QED) is 0.430. The van der Waals surface area contributed by atoms with Gasteiger partial charge >= 0.3 is 0 Å². The molecule has 35 heavy (non-hydrogen) atoms. The minimum absolute atomic E-state index is 0.201. The van der Waals surface area contributed by atoms with Crippen LogP contribution in [0.25, 0.3) is 6.08 Å². The number of para-hydroxylation sites is 1. The van der Waals surface area contributed by atoms with E-state index in [1.165, 1.54) is 12.1 Å². The molecule has 0 aliphatic carbocycles. The van der Waals surface area contributed by atoms with Crippen LogP contribution in [0, 0.1) is 19.7 Å². The van der Waals surface area contributed by atoms with Crippen LogP contribution in [-0.4, -0.2) is 28.5 Å². The number of hydrogen-bond acceptors (Lipinski definition) is 5. The lowest BCUT2D eigenvalue weighted by atomic mass is 10.1. The Morgan fingerprint density at radius 2 is 1.77 bits per heavy atom. The summed E-state index contributed by atoms with van der Waals surface area (Å²) in [5, 5.41) is 2.26. The van der Waals surface area contributed by atoms with Gasteiger partial charge in [0, 0.05) is 11.3 Å². The van der Waals surface area contributed by atoms with Crippen LogP contribution in [-0.2, 0) is 16.2 Å². The summed E-state index contributed by atoms with van der Waals surface area (Å²) in [4.78, 5) is 39.1. The van der Waals surface area contributed by atoms with Gasteiger partial charge in [0.15, 0.2) is 0 Å². The predicted octanol–water partition coefficient (Wildman–Crippen LogP) is 5.70. The van der Waals surface area contributed by atoms with Crippen molar-refractivity contribution in [2.24, 2.45) is 0 Å². The molecule has 0 unspecified atom stereocenters. The molecule has 0 saturated carbocycles. The molecule has 0 spiro atoms. The molecule has 0 atom stereocenters. The SMILES string of the molecule is Cc1cccc(NC(=O)CN2C(=O)S/C(=C\c3ccccc3OCc3ccc(F)cc3)C2=O)c1C. The lowest BCUT2D eigenvalue weighted by molar-refractivity contribution is -0.127. The molecule has 6 nitrogen and oxygen atoms in total. The highest BCUT2D eigenvalue weighted by Crippen LogP contribution is 2.34. The van der Waals surface area contributed by atoms with Gasteiger partial charge in [-0.2, -0.15) is 0 Å². The van der Waals surface area contributed by atoms with Gasteiger partial charge in [-0.3, -0.25) is 19.3 Å². The monoisotopic (exact) mass is 490 g/mol. The summed E-state index contributed by atoms with van der Waals surface area (Å²) in [6, 6.07) is 18.6. The average Bonchev–Trinajstić information content (AvgIpc) is 3.10. The van der Waals surface area contributed by atoms with E-state index in [-0.39, 0.29) is 23.9 Å². The van der Waals surface area contributed by atoms with Crippen LogP contribution in [0.4, 0.5) is 14.9 Å². The van der Waals surface area contributed by atoms with Gasteiger partial charge in [0.25, 0.3) is 11.1 Å². The first kappa shape index (κ1) is 24.2. The number of carbonyl (C=O) groups excluding carboxylic acids is 3. The molecule has 3 amide bonds. The van der Waals surface area contributed by atoms with E-state index in [9.17, 15) is 18.8 Å². The number of nitrogens with zero attached hydrogens (tertiary/aromatic N) is 1. The Bertz CT molecular complexity index is 1320. The first-order valence-corrected chi connectivity index (χ1v) is 11.7. The predicted molar refractivity (Wildman–Crippen MR) is 134 cm³/mol. The maximum absolute atomic E-state index is 13.1. The largest absolute Gasteiger partial charge is 0.488 e. The van der Waals surface area contributed by atoms with E-state index in [1.807, 2.05) is 26.0 Å². The molecule has 1 aliphatic heterocycles. The summed E-state index contributed by atoms with van der Waals surface area (Å²) in [5.74, 6) is -0.807. The maximum atomic E-state index is 13.1. The maximum Gasteiger partial charge on any atom is 0.294 e. The van der Waals surface area contributed by atoms with E-state index in [1.54, 1.807) is 48.5 Å². The van der Waals surface area contributed by atoms with E-state index in [0.717, 1.165) is 33.4 Å². The van der Waals surface area contributed by atoms with Crippen LogP contribution in [0.2, 0.25) is 0 Å². The van der Waals surface area contributed by atoms with Crippen LogP contribution in [0.1, 0.15) is 22.3 Å². The van der Waals surface area contributed by atoms with Gasteiger partial charge in [-0.1, -0.05) is 42.5 Å². The number of nitrogens with one attached hydrogen (secondary N) is 1. The van der Waals surface area contributed by atoms with Crippen molar-refractivity contribution in [3.8, 4) is 5.75 Å². The highest BCUT2D eigenvalue weighted by molar-refractivity contribution is 8.18. The molecule has 3 aromatic carbocycles. The summed E-state index contributed by atoms with van der Waals surface area (Å²) in [5.41, 5.74) is 3.99. The van der Waals surface area contributed by atoms with E-state index in [2.05, 4.69) is 5.32 Å². The van der Waals surface area contributed by atoms with Crippen LogP contribution in [0.3, 0.4) is 0 Å². The molecule has 1 aliphatic rings. The molecule has 8 heteroatoms. The zero-order valence-electron chi connectivity index (χ0n) is 19.2. The molecule has 178 valence electrons. The van der Waals surface area contributed by atoms with Gasteiger partial charge in [-0.05, 0) is 72.6 Å². The molecule has 1 N–H and O–H groups in total. The standard InChI is InChI=1S/C27H23FN2O4S/c1-17-6-5-8-22(18(17)2)29-25(31)15-30-26(32)24(35-27(30)33)14-20-7-3-4-9-23(20)34-16-19-10-12-21(28)13-11-19/h3-14H,15-16H2,1-2H3,(H,29,31)/b24-14-. The molecular weight excluding hydrogens is 467 g/mol. The molecule has 1 heterocycles. The minimum atomic E-state index is -0.538. The molecule has 3 aromatic rings. The number of hydrogen-bond donors (Lipinski definition) is 1. The Morgan fingerprint density at radius 1 is 1.03 bits per heavy atom. The Kier molecular flexibility index (Phi) is 7.31. The van der Waals surface area contributed by atoms with Crippen molar-refractivity contribution in [1.29, 1.82) is 0 Å². The lowest BCUT2D eigenvalue weighted by Crippen LogP contribution is -2.36. The molecule has 0 radical (unpaired) electrons. The van der Waals surface area contributed by atoms with Gasteiger partial charge in [0.05, 0.1) is 4.91 Å². The van der Waals surface area contributed by atoms with Gasteiger partial charge in [-0.15, -0.1) is 0 Å². The molecule has 4 rings (SSSR count). The number of thioether (sulfide) groups is 1. The van der Waals surface area contributed by atoms with E-state index in [4.69, 9.17) is 4.74 Å². The number of carbonyl (C=O) groups is 3. The highest BCUT2D eigenvalue weighted by Gasteiger charge is 2.36. The summed E-state index contributed by atoms with van der Waals surface area (Å²) in [6.07, 6.45) is 1.58. The van der Waals surface area contributed by atoms with E-state index < -0.39 is 17.1 Å². The minimum Gasteiger partial charge on any atom is -0.488 e. The first-order chi connectivity index (χ1) is 16.8. The smallest absolute Gasteiger partial charge is 0.294 e. The Labute approximate surface area is 206 Å². The van der Waals surface area contributed by atoms with Crippen molar-refractivity contribution in [3.05, 3.63) is 99.7 Å². The molecule has 1 fully saturated rings. The second-order valence-electron chi connectivity index (χ2n) is 8.02. The second kappa shape index (κ2) is 10.6. The number of imide groups is 1. The fourth-order valence-electron chi connectivity index (χ4n) is 3.47. The number of benzene rings is 3.